The number of piperidine rings is 1. The van der Waals surface area contributed by atoms with Gasteiger partial charge in [-0.25, -0.2) is 0 Å². The van der Waals surface area contributed by atoms with Gasteiger partial charge in [0.15, 0.2) is 0 Å². The van der Waals surface area contributed by atoms with E-state index in [9.17, 15) is 9.59 Å². The highest BCUT2D eigenvalue weighted by atomic mass is 35.5. The summed E-state index contributed by atoms with van der Waals surface area (Å²) in [5, 5.41) is 0. The standard InChI is InChI=1S/C20H29N3O2.ClH/c1-3-15-7-4-5-9-18(15)23-13-17(11-19(23)24)20(25)22-10-6-8-16(12-22)14(2)21;/h4-5,7,9,14,16-17H,3,6,8,10-13,21H2,1-2H3;1H. The molecular weight excluding hydrogens is 350 g/mol. The average Bonchev–Trinajstić information content (AvgIpc) is 3.02. The Morgan fingerprint density at radius 3 is 2.73 bits per heavy atom. The number of carbonyl (C=O) groups is 2. The maximum Gasteiger partial charge on any atom is 0.228 e. The number of anilines is 1. The lowest BCUT2D eigenvalue weighted by molar-refractivity contribution is -0.137. The maximum absolute atomic E-state index is 13.0. The van der Waals surface area contributed by atoms with Crippen molar-refractivity contribution in [3.63, 3.8) is 0 Å². The molecule has 2 heterocycles. The van der Waals surface area contributed by atoms with Crippen molar-refractivity contribution in [2.75, 3.05) is 24.5 Å². The fourth-order valence-electron chi connectivity index (χ4n) is 4.08. The number of hydrogen-bond acceptors (Lipinski definition) is 3. The van der Waals surface area contributed by atoms with Crippen LogP contribution in [0.5, 0.6) is 0 Å². The number of likely N-dealkylation sites (tertiary alicyclic amines) is 1. The van der Waals surface area contributed by atoms with Gasteiger partial charge in [0, 0.05) is 37.8 Å². The number of hydrogen-bond donors (Lipinski definition) is 1. The topological polar surface area (TPSA) is 66.6 Å². The van der Waals surface area contributed by atoms with Crippen LogP contribution in [0.4, 0.5) is 5.69 Å². The zero-order valence-corrected chi connectivity index (χ0v) is 16.5. The normalized spacial score (nSPS) is 24.3. The summed E-state index contributed by atoms with van der Waals surface area (Å²) in [5.74, 6) is 0.311. The van der Waals surface area contributed by atoms with Crippen molar-refractivity contribution in [3.05, 3.63) is 29.8 Å². The number of nitrogens with two attached hydrogens (primary N) is 1. The molecule has 5 nitrogen and oxygen atoms in total. The molecule has 144 valence electrons. The van der Waals surface area contributed by atoms with Gasteiger partial charge in [0.05, 0.1) is 5.92 Å². The van der Waals surface area contributed by atoms with Gasteiger partial charge < -0.3 is 15.5 Å². The lowest BCUT2D eigenvalue weighted by Crippen LogP contribution is -2.47. The molecule has 2 aliphatic rings. The molecule has 1 aromatic rings. The van der Waals surface area contributed by atoms with Gasteiger partial charge in [-0.2, -0.15) is 0 Å². The average molecular weight is 380 g/mol. The third-order valence-electron chi connectivity index (χ3n) is 5.65. The molecule has 0 radical (unpaired) electrons. The number of benzene rings is 1. The third-order valence-corrected chi connectivity index (χ3v) is 5.65. The van der Waals surface area contributed by atoms with E-state index in [0.717, 1.165) is 43.6 Å². The Balaban J connectivity index is 0.00000243. The van der Waals surface area contributed by atoms with Crippen LogP contribution in [0.15, 0.2) is 24.3 Å². The quantitative estimate of drug-likeness (QED) is 0.874. The van der Waals surface area contributed by atoms with E-state index in [4.69, 9.17) is 5.73 Å². The summed E-state index contributed by atoms with van der Waals surface area (Å²) in [7, 11) is 0. The summed E-state index contributed by atoms with van der Waals surface area (Å²) >= 11 is 0. The molecule has 2 fully saturated rings. The Morgan fingerprint density at radius 2 is 2.04 bits per heavy atom. The second kappa shape index (κ2) is 8.87. The number of amides is 2. The molecule has 0 bridgehead atoms. The van der Waals surface area contributed by atoms with Crippen molar-refractivity contribution in [1.82, 2.24) is 4.90 Å². The summed E-state index contributed by atoms with van der Waals surface area (Å²) in [6.45, 7) is 6.12. The van der Waals surface area contributed by atoms with Crippen LogP contribution in [-0.4, -0.2) is 42.4 Å². The van der Waals surface area contributed by atoms with Gasteiger partial charge in [-0.15, -0.1) is 12.4 Å². The molecule has 1 aromatic carbocycles. The first-order chi connectivity index (χ1) is 12.0. The number of halogens is 1. The van der Waals surface area contributed by atoms with Crippen LogP contribution in [0, 0.1) is 11.8 Å². The zero-order chi connectivity index (χ0) is 18.0. The van der Waals surface area contributed by atoms with E-state index in [1.165, 1.54) is 0 Å². The second-order valence-corrected chi connectivity index (χ2v) is 7.43. The number of aryl methyl sites for hydroxylation is 1. The molecule has 0 spiro atoms. The van der Waals surface area contributed by atoms with Crippen LogP contribution in [0.2, 0.25) is 0 Å². The van der Waals surface area contributed by atoms with Gasteiger partial charge >= 0.3 is 0 Å². The molecule has 3 atom stereocenters. The summed E-state index contributed by atoms with van der Waals surface area (Å²) < 4.78 is 0. The van der Waals surface area contributed by atoms with E-state index in [2.05, 4.69) is 13.0 Å². The van der Waals surface area contributed by atoms with E-state index in [-0.39, 0.29) is 36.2 Å². The summed E-state index contributed by atoms with van der Waals surface area (Å²) in [5.41, 5.74) is 8.14. The van der Waals surface area contributed by atoms with Crippen molar-refractivity contribution in [2.45, 2.75) is 45.6 Å². The maximum atomic E-state index is 13.0. The lowest BCUT2D eigenvalue weighted by atomic mass is 9.91. The predicted molar refractivity (Wildman–Crippen MR) is 106 cm³/mol. The van der Waals surface area contributed by atoms with E-state index >= 15 is 0 Å². The van der Waals surface area contributed by atoms with Gasteiger partial charge in [0.1, 0.15) is 0 Å². The molecule has 2 aliphatic heterocycles. The molecule has 2 N–H and O–H groups in total. The molecule has 3 unspecified atom stereocenters. The van der Waals surface area contributed by atoms with Crippen LogP contribution in [0.1, 0.15) is 38.7 Å². The first kappa shape index (κ1) is 20.7. The Bertz CT molecular complexity index is 650. The monoisotopic (exact) mass is 379 g/mol. The molecule has 2 saturated heterocycles. The van der Waals surface area contributed by atoms with E-state index in [1.807, 2.05) is 30.0 Å². The van der Waals surface area contributed by atoms with Crippen molar-refractivity contribution in [3.8, 4) is 0 Å². The molecule has 26 heavy (non-hydrogen) atoms. The Hall–Kier alpha value is -1.59. The van der Waals surface area contributed by atoms with Gasteiger partial charge in [0.2, 0.25) is 11.8 Å². The van der Waals surface area contributed by atoms with Gasteiger partial charge in [-0.3, -0.25) is 9.59 Å². The van der Waals surface area contributed by atoms with Crippen LogP contribution in [0.3, 0.4) is 0 Å². The summed E-state index contributed by atoms with van der Waals surface area (Å²) in [6, 6.07) is 8.09. The highest BCUT2D eigenvalue weighted by Crippen LogP contribution is 2.30. The van der Waals surface area contributed by atoms with Crippen molar-refractivity contribution in [1.29, 1.82) is 0 Å². The fraction of sp³-hybridized carbons (Fsp3) is 0.600. The first-order valence-corrected chi connectivity index (χ1v) is 9.44. The molecule has 0 saturated carbocycles. The number of para-hydroxylation sites is 1. The SMILES string of the molecule is CCc1ccccc1N1CC(C(=O)N2CCCC(C(C)N)C2)CC1=O.Cl. The number of carbonyl (C=O) groups excluding carboxylic acids is 2. The summed E-state index contributed by atoms with van der Waals surface area (Å²) in [6.07, 6.45) is 3.28. The smallest absolute Gasteiger partial charge is 0.228 e. The molecule has 6 heteroatoms. The Morgan fingerprint density at radius 1 is 1.31 bits per heavy atom. The largest absolute Gasteiger partial charge is 0.342 e. The van der Waals surface area contributed by atoms with E-state index in [0.29, 0.717) is 18.9 Å². The Kier molecular flexibility index (Phi) is 7.07. The number of nitrogens with zero attached hydrogens (tertiary/aromatic N) is 2. The minimum atomic E-state index is -0.232. The highest BCUT2D eigenvalue weighted by Gasteiger charge is 2.39. The van der Waals surface area contributed by atoms with Crippen LogP contribution in [-0.2, 0) is 16.0 Å². The van der Waals surface area contributed by atoms with Crippen LogP contribution < -0.4 is 10.6 Å². The van der Waals surface area contributed by atoms with Gasteiger partial charge in [-0.1, -0.05) is 25.1 Å². The minimum absolute atomic E-state index is 0. The lowest BCUT2D eigenvalue weighted by Gasteiger charge is -2.35. The van der Waals surface area contributed by atoms with Gasteiger partial charge in [-0.05, 0) is 43.7 Å². The highest BCUT2D eigenvalue weighted by molar-refractivity contribution is 6.00. The molecular formula is C20H30ClN3O2. The minimum Gasteiger partial charge on any atom is -0.342 e. The van der Waals surface area contributed by atoms with Crippen molar-refractivity contribution >= 4 is 29.9 Å². The third kappa shape index (κ3) is 4.21. The van der Waals surface area contributed by atoms with Crippen molar-refractivity contribution in [2.24, 2.45) is 17.6 Å². The predicted octanol–water partition coefficient (Wildman–Crippen LogP) is 2.61. The first-order valence-electron chi connectivity index (χ1n) is 9.44. The van der Waals surface area contributed by atoms with Crippen LogP contribution in [0.25, 0.3) is 0 Å². The summed E-state index contributed by atoms with van der Waals surface area (Å²) in [4.78, 5) is 29.2. The van der Waals surface area contributed by atoms with E-state index in [1.54, 1.807) is 4.90 Å². The zero-order valence-electron chi connectivity index (χ0n) is 15.7. The van der Waals surface area contributed by atoms with Crippen molar-refractivity contribution < 1.29 is 9.59 Å². The van der Waals surface area contributed by atoms with Gasteiger partial charge in [0.25, 0.3) is 0 Å². The Labute approximate surface area is 162 Å². The molecule has 0 aliphatic carbocycles. The fourth-order valence-corrected chi connectivity index (χ4v) is 4.08. The second-order valence-electron chi connectivity index (χ2n) is 7.43. The number of rotatable bonds is 4. The van der Waals surface area contributed by atoms with Crippen LogP contribution >= 0.6 is 12.4 Å². The molecule has 3 rings (SSSR count). The molecule has 2 amide bonds. The molecule has 0 aromatic heterocycles. The van der Waals surface area contributed by atoms with E-state index < -0.39 is 0 Å².